The van der Waals surface area contributed by atoms with E-state index in [4.69, 9.17) is 0 Å². The van der Waals surface area contributed by atoms with Crippen molar-refractivity contribution in [3.8, 4) is 0 Å². The van der Waals surface area contributed by atoms with Crippen LogP contribution in [0.2, 0.25) is 0 Å². The largest absolute Gasteiger partial charge is 0.351 e. The number of aromatic nitrogens is 4. The Bertz CT molecular complexity index is 805. The van der Waals surface area contributed by atoms with E-state index in [1.54, 1.807) is 19.3 Å². The third-order valence-corrected chi connectivity index (χ3v) is 5.09. The van der Waals surface area contributed by atoms with E-state index in [9.17, 15) is 9.59 Å². The minimum atomic E-state index is -0.206. The van der Waals surface area contributed by atoms with Gasteiger partial charge < -0.3 is 10.6 Å². The molecule has 1 fully saturated rings. The number of hydrogen-bond donors (Lipinski definition) is 2. The maximum Gasteiger partial charge on any atom is 0.271 e. The van der Waals surface area contributed by atoms with Gasteiger partial charge in [-0.05, 0) is 39.0 Å². The number of carbonyl (C=O) groups excluding carboxylic acids is 2. The van der Waals surface area contributed by atoms with Crippen molar-refractivity contribution in [1.29, 1.82) is 0 Å². The van der Waals surface area contributed by atoms with Crippen molar-refractivity contribution in [2.75, 3.05) is 6.54 Å². The zero-order chi connectivity index (χ0) is 19.8. The molecule has 2 amide bonds. The van der Waals surface area contributed by atoms with Crippen molar-refractivity contribution in [3.05, 3.63) is 48.1 Å². The average molecular weight is 382 g/mol. The van der Waals surface area contributed by atoms with Crippen LogP contribution in [0.1, 0.15) is 71.6 Å². The summed E-state index contributed by atoms with van der Waals surface area (Å²) in [7, 11) is 0. The van der Waals surface area contributed by atoms with Crippen molar-refractivity contribution in [2.24, 2.45) is 0 Å². The van der Waals surface area contributed by atoms with Gasteiger partial charge in [-0.3, -0.25) is 19.6 Å². The molecule has 0 bridgehead atoms. The van der Waals surface area contributed by atoms with Crippen LogP contribution in [0.3, 0.4) is 0 Å². The molecule has 148 valence electrons. The summed E-state index contributed by atoms with van der Waals surface area (Å²) in [6, 6.07) is 0. The molecule has 8 nitrogen and oxygen atoms in total. The molecule has 1 aliphatic rings. The maximum atomic E-state index is 12.5. The van der Waals surface area contributed by atoms with Gasteiger partial charge in [-0.2, -0.15) is 0 Å². The number of unbranched alkanes of at least 4 members (excludes halogenated alkanes) is 1. The van der Waals surface area contributed by atoms with Gasteiger partial charge in [-0.15, -0.1) is 0 Å². The van der Waals surface area contributed by atoms with E-state index in [2.05, 4.69) is 30.6 Å². The van der Waals surface area contributed by atoms with Gasteiger partial charge in [0, 0.05) is 30.7 Å². The first-order valence-corrected chi connectivity index (χ1v) is 9.73. The van der Waals surface area contributed by atoms with Gasteiger partial charge in [0.15, 0.2) is 0 Å². The second-order valence-corrected chi connectivity index (χ2v) is 7.29. The normalized spacial score (nSPS) is 15.2. The van der Waals surface area contributed by atoms with Crippen molar-refractivity contribution in [2.45, 2.75) is 57.4 Å². The van der Waals surface area contributed by atoms with Crippen LogP contribution in [-0.2, 0) is 0 Å². The molecule has 2 N–H and O–H groups in total. The van der Waals surface area contributed by atoms with E-state index >= 15 is 0 Å². The zero-order valence-corrected chi connectivity index (χ0v) is 16.1. The molecule has 0 radical (unpaired) electrons. The molecule has 1 aliphatic carbocycles. The van der Waals surface area contributed by atoms with Crippen LogP contribution >= 0.6 is 0 Å². The Balaban J connectivity index is 1.45. The van der Waals surface area contributed by atoms with Gasteiger partial charge in [0.25, 0.3) is 11.8 Å². The lowest BCUT2D eigenvalue weighted by molar-refractivity contribution is 0.0887. The fourth-order valence-corrected chi connectivity index (χ4v) is 3.66. The summed E-state index contributed by atoms with van der Waals surface area (Å²) in [6.45, 7) is 2.38. The van der Waals surface area contributed by atoms with E-state index in [0.717, 1.165) is 50.6 Å². The number of hydrogen-bond acceptors (Lipinski definition) is 6. The van der Waals surface area contributed by atoms with Gasteiger partial charge >= 0.3 is 0 Å². The summed E-state index contributed by atoms with van der Waals surface area (Å²) in [5, 5.41) is 6.08. The molecular formula is C20H26N6O2. The van der Waals surface area contributed by atoms with Crippen molar-refractivity contribution in [3.63, 3.8) is 0 Å². The number of carbonyl (C=O) groups is 2. The fraction of sp³-hybridized carbons (Fsp3) is 0.500. The molecule has 0 atom stereocenters. The Kier molecular flexibility index (Phi) is 6.62. The minimum Gasteiger partial charge on any atom is -0.351 e. The van der Waals surface area contributed by atoms with Crippen LogP contribution in [0.4, 0.5) is 0 Å². The number of amides is 2. The summed E-state index contributed by atoms with van der Waals surface area (Å²) in [5.41, 5.74) is 1.22. The number of nitrogens with one attached hydrogen (secondary N) is 2. The highest BCUT2D eigenvalue weighted by molar-refractivity contribution is 5.92. The van der Waals surface area contributed by atoms with Crippen LogP contribution in [0.5, 0.6) is 0 Å². The van der Waals surface area contributed by atoms with Crippen LogP contribution in [-0.4, -0.2) is 43.8 Å². The van der Waals surface area contributed by atoms with Crippen LogP contribution < -0.4 is 10.6 Å². The molecule has 0 spiro atoms. The molecule has 0 saturated heterocycles. The summed E-state index contributed by atoms with van der Waals surface area (Å²) in [5.74, 6) is -0.371. The second-order valence-electron chi connectivity index (χ2n) is 7.29. The zero-order valence-electron chi connectivity index (χ0n) is 16.1. The summed E-state index contributed by atoms with van der Waals surface area (Å²) in [6.07, 6.45) is 14.5. The third-order valence-electron chi connectivity index (χ3n) is 5.09. The summed E-state index contributed by atoms with van der Waals surface area (Å²) in [4.78, 5) is 40.8. The first-order valence-electron chi connectivity index (χ1n) is 9.73. The van der Waals surface area contributed by atoms with Crippen molar-refractivity contribution in [1.82, 2.24) is 30.6 Å². The SMILES string of the molecule is Cc1cncc(C(=O)NCCCCC2(NC(=O)c3cnccn3)CCCC2)n1. The van der Waals surface area contributed by atoms with Gasteiger partial charge in [-0.1, -0.05) is 12.8 Å². The Hall–Kier alpha value is -2.90. The van der Waals surface area contributed by atoms with E-state index in [1.807, 2.05) is 0 Å². The molecule has 0 unspecified atom stereocenters. The van der Waals surface area contributed by atoms with Gasteiger partial charge in [0.05, 0.1) is 18.1 Å². The molecule has 3 rings (SSSR count). The number of nitrogens with zero attached hydrogens (tertiary/aromatic N) is 4. The molecule has 0 aromatic carbocycles. The first-order chi connectivity index (χ1) is 13.6. The smallest absolute Gasteiger partial charge is 0.271 e. The number of rotatable bonds is 8. The van der Waals surface area contributed by atoms with E-state index in [0.29, 0.717) is 17.9 Å². The van der Waals surface area contributed by atoms with E-state index in [-0.39, 0.29) is 17.4 Å². The second kappa shape index (κ2) is 9.34. The van der Waals surface area contributed by atoms with E-state index < -0.39 is 0 Å². The topological polar surface area (TPSA) is 110 Å². The Morgan fingerprint density at radius 1 is 1.00 bits per heavy atom. The Morgan fingerprint density at radius 2 is 1.79 bits per heavy atom. The molecule has 2 aromatic rings. The lowest BCUT2D eigenvalue weighted by Crippen LogP contribution is -2.46. The lowest BCUT2D eigenvalue weighted by Gasteiger charge is -2.30. The molecular weight excluding hydrogens is 356 g/mol. The highest BCUT2D eigenvalue weighted by Gasteiger charge is 2.35. The molecule has 1 saturated carbocycles. The monoisotopic (exact) mass is 382 g/mol. The number of aryl methyl sites for hydroxylation is 1. The highest BCUT2D eigenvalue weighted by atomic mass is 16.2. The average Bonchev–Trinajstić information content (AvgIpc) is 3.16. The van der Waals surface area contributed by atoms with Gasteiger partial charge in [0.1, 0.15) is 11.4 Å². The third kappa shape index (κ3) is 5.31. The maximum absolute atomic E-state index is 12.5. The van der Waals surface area contributed by atoms with Crippen LogP contribution in [0.15, 0.2) is 31.0 Å². The Labute approximate surface area is 164 Å². The summed E-state index contributed by atoms with van der Waals surface area (Å²) < 4.78 is 0. The molecule has 8 heteroatoms. The van der Waals surface area contributed by atoms with Crippen LogP contribution in [0.25, 0.3) is 0 Å². The fourth-order valence-electron chi connectivity index (χ4n) is 3.66. The molecule has 2 heterocycles. The lowest BCUT2D eigenvalue weighted by atomic mass is 9.90. The predicted octanol–water partition coefficient (Wildman–Crippen LogP) is 2.22. The van der Waals surface area contributed by atoms with Gasteiger partial charge in [-0.25, -0.2) is 9.97 Å². The van der Waals surface area contributed by atoms with E-state index in [1.165, 1.54) is 18.6 Å². The van der Waals surface area contributed by atoms with Crippen molar-refractivity contribution < 1.29 is 9.59 Å². The van der Waals surface area contributed by atoms with Crippen molar-refractivity contribution >= 4 is 11.8 Å². The quantitative estimate of drug-likeness (QED) is 0.678. The van der Waals surface area contributed by atoms with Gasteiger partial charge in [0.2, 0.25) is 0 Å². The standard InChI is InChI=1S/C20H26N6O2/c1-15-12-22-14-17(25-15)18(27)24-9-5-4-8-20(6-2-3-7-20)26-19(28)16-13-21-10-11-23-16/h10-14H,2-9H2,1H3,(H,24,27)(H,26,28). The summed E-state index contributed by atoms with van der Waals surface area (Å²) >= 11 is 0. The predicted molar refractivity (Wildman–Crippen MR) is 104 cm³/mol. The highest BCUT2D eigenvalue weighted by Crippen LogP contribution is 2.34. The molecule has 28 heavy (non-hydrogen) atoms. The minimum absolute atomic E-state index is 0.165. The Morgan fingerprint density at radius 3 is 2.50 bits per heavy atom. The molecule has 0 aliphatic heterocycles. The molecule has 2 aromatic heterocycles. The first kappa shape index (κ1) is 19.9. The van der Waals surface area contributed by atoms with Crippen LogP contribution in [0, 0.1) is 6.92 Å².